The number of halogens is 1. The second kappa shape index (κ2) is 9.27. The number of carbonyl (C=O) groups excluding carboxylic acids is 1. The summed E-state index contributed by atoms with van der Waals surface area (Å²) >= 11 is 2.29. The van der Waals surface area contributed by atoms with E-state index in [0.29, 0.717) is 18.8 Å². The first kappa shape index (κ1) is 20.4. The van der Waals surface area contributed by atoms with Gasteiger partial charge in [0.25, 0.3) is 5.91 Å². The van der Waals surface area contributed by atoms with Gasteiger partial charge in [-0.25, -0.2) is 4.98 Å². The van der Waals surface area contributed by atoms with Gasteiger partial charge in [-0.2, -0.15) is 0 Å². The third kappa shape index (κ3) is 4.65. The number of aromatic nitrogens is 3. The highest BCUT2D eigenvalue weighted by atomic mass is 127. The Morgan fingerprint density at radius 1 is 1.31 bits per heavy atom. The van der Waals surface area contributed by atoms with Crippen LogP contribution in [0.1, 0.15) is 36.0 Å². The Morgan fingerprint density at radius 2 is 2.14 bits per heavy atom. The Labute approximate surface area is 183 Å². The minimum absolute atomic E-state index is 0.0426. The molecule has 0 bridgehead atoms. The monoisotopic (exact) mass is 508 g/mol. The third-order valence-corrected chi connectivity index (χ3v) is 6.31. The predicted molar refractivity (Wildman–Crippen MR) is 119 cm³/mol. The maximum atomic E-state index is 13.1. The molecule has 1 aromatic carbocycles. The molecule has 8 heteroatoms. The zero-order chi connectivity index (χ0) is 20.2. The SMILES string of the molecule is COCCOC1CCC(NC(=O)c2cc(-n3ccnc3)cc3c(I)c[nH]c23)CC1. The van der Waals surface area contributed by atoms with Crippen molar-refractivity contribution in [2.75, 3.05) is 20.3 Å². The molecule has 2 N–H and O–H groups in total. The van der Waals surface area contributed by atoms with E-state index < -0.39 is 0 Å². The average Bonchev–Trinajstić information content (AvgIpc) is 3.39. The summed E-state index contributed by atoms with van der Waals surface area (Å²) in [6.07, 6.45) is 11.3. The zero-order valence-corrected chi connectivity index (χ0v) is 18.5. The molecule has 3 aromatic rings. The molecular weight excluding hydrogens is 483 g/mol. The van der Waals surface area contributed by atoms with Gasteiger partial charge in [0, 0.05) is 46.4 Å². The number of fused-ring (bicyclic) bond motifs is 1. The van der Waals surface area contributed by atoms with Gasteiger partial charge < -0.3 is 24.3 Å². The van der Waals surface area contributed by atoms with Crippen LogP contribution in [0.5, 0.6) is 0 Å². The van der Waals surface area contributed by atoms with Crippen LogP contribution < -0.4 is 5.32 Å². The van der Waals surface area contributed by atoms with Gasteiger partial charge in [-0.1, -0.05) is 0 Å². The summed E-state index contributed by atoms with van der Waals surface area (Å²) in [6, 6.07) is 4.17. The number of carbonyl (C=O) groups is 1. The van der Waals surface area contributed by atoms with Gasteiger partial charge in [-0.15, -0.1) is 0 Å². The number of methoxy groups -OCH3 is 1. The van der Waals surface area contributed by atoms with E-state index in [2.05, 4.69) is 43.9 Å². The van der Waals surface area contributed by atoms with Crippen LogP contribution in [-0.4, -0.2) is 52.9 Å². The highest BCUT2D eigenvalue weighted by Gasteiger charge is 2.24. The molecule has 29 heavy (non-hydrogen) atoms. The number of hydrogen-bond donors (Lipinski definition) is 2. The molecule has 1 saturated carbocycles. The standard InChI is InChI=1S/C21H25IN4O3/c1-28-8-9-29-16-4-2-14(3-5-16)25-21(27)18-11-15(26-7-6-23-13-26)10-17-19(22)12-24-20(17)18/h6-7,10-14,16,24H,2-5,8-9H2,1H3,(H,25,27). The van der Waals surface area contributed by atoms with Crippen LogP contribution in [0.2, 0.25) is 0 Å². The van der Waals surface area contributed by atoms with Gasteiger partial charge in [-0.3, -0.25) is 4.79 Å². The van der Waals surface area contributed by atoms with Gasteiger partial charge in [-0.05, 0) is 60.4 Å². The van der Waals surface area contributed by atoms with Gasteiger partial charge in [0.1, 0.15) is 0 Å². The molecule has 4 rings (SSSR count). The van der Waals surface area contributed by atoms with Crippen LogP contribution in [0.3, 0.4) is 0 Å². The van der Waals surface area contributed by atoms with Crippen LogP contribution in [0.4, 0.5) is 0 Å². The molecule has 1 aliphatic rings. The molecule has 0 saturated heterocycles. The number of ether oxygens (including phenoxy) is 2. The highest BCUT2D eigenvalue weighted by Crippen LogP contribution is 2.28. The smallest absolute Gasteiger partial charge is 0.253 e. The minimum atomic E-state index is -0.0426. The number of benzene rings is 1. The number of nitrogens with zero attached hydrogens (tertiary/aromatic N) is 2. The molecule has 0 radical (unpaired) electrons. The van der Waals surface area contributed by atoms with Crippen molar-refractivity contribution in [3.05, 3.63) is 46.2 Å². The van der Waals surface area contributed by atoms with Crippen molar-refractivity contribution in [3.63, 3.8) is 0 Å². The molecule has 1 amide bonds. The minimum Gasteiger partial charge on any atom is -0.382 e. The van der Waals surface area contributed by atoms with Gasteiger partial charge in [0.05, 0.1) is 36.7 Å². The van der Waals surface area contributed by atoms with Crippen molar-refractivity contribution in [2.45, 2.75) is 37.8 Å². The van der Waals surface area contributed by atoms with Crippen molar-refractivity contribution in [3.8, 4) is 5.69 Å². The fourth-order valence-corrected chi connectivity index (χ4v) is 4.44. The number of aromatic amines is 1. The summed E-state index contributed by atoms with van der Waals surface area (Å²) in [7, 11) is 1.68. The number of hydrogen-bond acceptors (Lipinski definition) is 4. The van der Waals surface area contributed by atoms with E-state index in [4.69, 9.17) is 9.47 Å². The summed E-state index contributed by atoms with van der Waals surface area (Å²) in [4.78, 5) is 20.5. The zero-order valence-electron chi connectivity index (χ0n) is 16.4. The van der Waals surface area contributed by atoms with Crippen LogP contribution in [0.25, 0.3) is 16.6 Å². The van der Waals surface area contributed by atoms with E-state index in [-0.39, 0.29) is 18.1 Å². The topological polar surface area (TPSA) is 81.2 Å². The van der Waals surface area contributed by atoms with Crippen LogP contribution in [0, 0.1) is 3.57 Å². The maximum Gasteiger partial charge on any atom is 0.253 e. The Balaban J connectivity index is 1.48. The lowest BCUT2D eigenvalue weighted by atomic mass is 9.92. The average molecular weight is 508 g/mol. The lowest BCUT2D eigenvalue weighted by molar-refractivity contribution is -0.00408. The molecule has 154 valence electrons. The summed E-state index contributed by atoms with van der Waals surface area (Å²) in [5.41, 5.74) is 2.45. The van der Waals surface area contributed by atoms with Crippen molar-refractivity contribution in [2.24, 2.45) is 0 Å². The fourth-order valence-electron chi connectivity index (χ4n) is 3.86. The Hall–Kier alpha value is -1.91. The van der Waals surface area contributed by atoms with E-state index in [1.165, 1.54) is 0 Å². The van der Waals surface area contributed by atoms with Crippen molar-refractivity contribution in [1.29, 1.82) is 0 Å². The second-order valence-corrected chi connectivity index (χ2v) is 8.50. The normalized spacial score (nSPS) is 19.5. The fraction of sp³-hybridized carbons (Fsp3) is 0.429. The largest absolute Gasteiger partial charge is 0.382 e. The molecule has 2 aromatic heterocycles. The number of imidazole rings is 1. The molecule has 0 aliphatic heterocycles. The van der Waals surface area contributed by atoms with Gasteiger partial charge in [0.2, 0.25) is 0 Å². The first-order valence-electron chi connectivity index (χ1n) is 9.86. The van der Waals surface area contributed by atoms with Crippen molar-refractivity contribution in [1.82, 2.24) is 19.9 Å². The molecular formula is C21H25IN4O3. The summed E-state index contributed by atoms with van der Waals surface area (Å²) in [6.45, 7) is 1.25. The molecule has 0 unspecified atom stereocenters. The number of H-pyrrole nitrogens is 1. The molecule has 1 aliphatic carbocycles. The summed E-state index contributed by atoms with van der Waals surface area (Å²) in [5.74, 6) is -0.0426. The van der Waals surface area contributed by atoms with Crippen LogP contribution in [0.15, 0.2) is 37.1 Å². The van der Waals surface area contributed by atoms with Crippen LogP contribution in [-0.2, 0) is 9.47 Å². The molecule has 1 fully saturated rings. The molecule has 7 nitrogen and oxygen atoms in total. The lowest BCUT2D eigenvalue weighted by Gasteiger charge is -2.29. The first-order chi connectivity index (χ1) is 14.2. The first-order valence-corrected chi connectivity index (χ1v) is 10.9. The van der Waals surface area contributed by atoms with E-state index in [1.54, 1.807) is 19.6 Å². The van der Waals surface area contributed by atoms with E-state index in [0.717, 1.165) is 45.8 Å². The van der Waals surface area contributed by atoms with E-state index in [1.807, 2.05) is 23.0 Å². The number of amides is 1. The molecule has 2 heterocycles. The Bertz CT molecular complexity index is 962. The Kier molecular flexibility index (Phi) is 6.51. The maximum absolute atomic E-state index is 13.1. The molecule has 0 spiro atoms. The predicted octanol–water partition coefficient (Wildman–Crippen LogP) is 3.66. The van der Waals surface area contributed by atoms with E-state index >= 15 is 0 Å². The molecule has 0 atom stereocenters. The van der Waals surface area contributed by atoms with Crippen molar-refractivity contribution >= 4 is 39.4 Å². The Morgan fingerprint density at radius 3 is 2.86 bits per heavy atom. The number of rotatable bonds is 7. The third-order valence-electron chi connectivity index (χ3n) is 5.42. The van der Waals surface area contributed by atoms with Crippen LogP contribution >= 0.6 is 22.6 Å². The summed E-state index contributed by atoms with van der Waals surface area (Å²) in [5, 5.41) is 4.27. The van der Waals surface area contributed by atoms with Gasteiger partial charge in [0.15, 0.2) is 0 Å². The lowest BCUT2D eigenvalue weighted by Crippen LogP contribution is -2.39. The second-order valence-electron chi connectivity index (χ2n) is 7.33. The van der Waals surface area contributed by atoms with Crippen molar-refractivity contribution < 1.29 is 14.3 Å². The van der Waals surface area contributed by atoms with Gasteiger partial charge >= 0.3 is 0 Å². The highest BCUT2D eigenvalue weighted by molar-refractivity contribution is 14.1. The number of nitrogens with one attached hydrogen (secondary N) is 2. The van der Waals surface area contributed by atoms with E-state index in [9.17, 15) is 4.79 Å². The summed E-state index contributed by atoms with van der Waals surface area (Å²) < 4.78 is 13.9. The quantitative estimate of drug-likeness (QED) is 0.377.